The molecule has 1 atom stereocenters. The van der Waals surface area contributed by atoms with Crippen molar-refractivity contribution in [2.45, 2.75) is 31.7 Å². The molecule has 3 rings (SSSR count). The van der Waals surface area contributed by atoms with Gasteiger partial charge in [-0.15, -0.1) is 11.3 Å². The quantitative estimate of drug-likeness (QED) is 0.494. The Morgan fingerprint density at radius 3 is 2.73 bits per heavy atom. The van der Waals surface area contributed by atoms with Crippen LogP contribution < -0.4 is 5.56 Å². The molecule has 0 saturated heterocycles. The van der Waals surface area contributed by atoms with Crippen LogP contribution in [0.4, 0.5) is 0 Å². The first kappa shape index (κ1) is 19.1. The SMILES string of the molecule is COCCn1c(SC[C@H](O)c2ccccc2)nc2sc(C)c(C)c2c1=O. The lowest BCUT2D eigenvalue weighted by Crippen LogP contribution is -2.25. The first-order valence-corrected chi connectivity index (χ1v) is 10.2. The van der Waals surface area contributed by atoms with Crippen molar-refractivity contribution in [2.24, 2.45) is 0 Å². The van der Waals surface area contributed by atoms with Gasteiger partial charge in [-0.05, 0) is 25.0 Å². The van der Waals surface area contributed by atoms with Crippen molar-refractivity contribution in [3.05, 3.63) is 56.7 Å². The third-order valence-electron chi connectivity index (χ3n) is 4.33. The van der Waals surface area contributed by atoms with Gasteiger partial charge in [0.2, 0.25) is 0 Å². The standard InChI is InChI=1S/C19H22N2O3S2/c1-12-13(2)26-17-16(12)18(23)21(9-10-24-3)19(20-17)25-11-15(22)14-7-5-4-6-8-14/h4-8,15,22H,9-11H2,1-3H3/t15-/m0/s1. The molecular weight excluding hydrogens is 368 g/mol. The maximum atomic E-state index is 13.0. The average molecular weight is 391 g/mol. The minimum absolute atomic E-state index is 0.0365. The van der Waals surface area contributed by atoms with Gasteiger partial charge in [-0.25, -0.2) is 4.98 Å². The predicted octanol–water partition coefficient (Wildman–Crippen LogP) is 3.55. The van der Waals surface area contributed by atoms with Gasteiger partial charge in [0.15, 0.2) is 5.16 Å². The zero-order chi connectivity index (χ0) is 18.7. The predicted molar refractivity (Wildman–Crippen MR) is 107 cm³/mol. The van der Waals surface area contributed by atoms with Crippen LogP contribution in [0.15, 0.2) is 40.3 Å². The molecule has 0 aliphatic rings. The molecule has 0 unspecified atom stereocenters. The van der Waals surface area contributed by atoms with Gasteiger partial charge in [0, 0.05) is 17.7 Å². The summed E-state index contributed by atoms with van der Waals surface area (Å²) < 4.78 is 6.81. The van der Waals surface area contributed by atoms with Gasteiger partial charge in [0.05, 0.1) is 24.6 Å². The van der Waals surface area contributed by atoms with E-state index in [1.807, 2.05) is 44.2 Å². The highest BCUT2D eigenvalue weighted by Gasteiger charge is 2.18. The number of hydrogen-bond acceptors (Lipinski definition) is 6. The summed E-state index contributed by atoms with van der Waals surface area (Å²) in [6, 6.07) is 9.51. The van der Waals surface area contributed by atoms with Gasteiger partial charge in [-0.1, -0.05) is 42.1 Å². The third-order valence-corrected chi connectivity index (χ3v) is 6.48. The summed E-state index contributed by atoms with van der Waals surface area (Å²) in [6.07, 6.45) is -0.614. The van der Waals surface area contributed by atoms with Gasteiger partial charge in [0.1, 0.15) is 4.83 Å². The minimum Gasteiger partial charge on any atom is -0.388 e. The normalized spacial score (nSPS) is 12.6. The highest BCUT2D eigenvalue weighted by Crippen LogP contribution is 2.29. The molecule has 0 spiro atoms. The number of aryl methyl sites for hydroxylation is 2. The van der Waals surface area contributed by atoms with E-state index in [-0.39, 0.29) is 5.56 Å². The van der Waals surface area contributed by atoms with Gasteiger partial charge >= 0.3 is 0 Å². The monoisotopic (exact) mass is 390 g/mol. The van der Waals surface area contributed by atoms with Crippen molar-refractivity contribution in [2.75, 3.05) is 19.5 Å². The number of aromatic nitrogens is 2. The molecule has 2 heterocycles. The van der Waals surface area contributed by atoms with Crippen molar-refractivity contribution in [1.29, 1.82) is 0 Å². The summed E-state index contributed by atoms with van der Waals surface area (Å²) in [5.74, 6) is 0.429. The first-order valence-electron chi connectivity index (χ1n) is 8.38. The van der Waals surface area contributed by atoms with Crippen LogP contribution in [0.1, 0.15) is 22.1 Å². The number of ether oxygens (including phenoxy) is 1. The van der Waals surface area contributed by atoms with Crippen LogP contribution in [0, 0.1) is 13.8 Å². The van der Waals surface area contributed by atoms with E-state index < -0.39 is 6.10 Å². The molecular formula is C19H22N2O3S2. The largest absolute Gasteiger partial charge is 0.388 e. The Morgan fingerprint density at radius 2 is 2.04 bits per heavy atom. The van der Waals surface area contributed by atoms with Crippen molar-refractivity contribution in [3.8, 4) is 0 Å². The Hall–Kier alpha value is -1.67. The van der Waals surface area contributed by atoms with Crippen LogP contribution in [0.2, 0.25) is 0 Å². The fourth-order valence-electron chi connectivity index (χ4n) is 2.72. The molecule has 1 aromatic carbocycles. The maximum Gasteiger partial charge on any atom is 0.263 e. The van der Waals surface area contributed by atoms with Crippen molar-refractivity contribution >= 4 is 33.3 Å². The van der Waals surface area contributed by atoms with E-state index in [0.717, 1.165) is 20.8 Å². The molecule has 0 bridgehead atoms. The van der Waals surface area contributed by atoms with E-state index in [2.05, 4.69) is 0 Å². The van der Waals surface area contributed by atoms with E-state index in [0.29, 0.717) is 29.4 Å². The number of nitrogens with zero attached hydrogens (tertiary/aromatic N) is 2. The second-order valence-corrected chi connectivity index (χ2v) is 8.24. The smallest absolute Gasteiger partial charge is 0.263 e. The van der Waals surface area contributed by atoms with Crippen molar-refractivity contribution < 1.29 is 9.84 Å². The Morgan fingerprint density at radius 1 is 1.31 bits per heavy atom. The maximum absolute atomic E-state index is 13.0. The first-order chi connectivity index (χ1) is 12.5. The van der Waals surface area contributed by atoms with Crippen molar-refractivity contribution in [1.82, 2.24) is 9.55 Å². The van der Waals surface area contributed by atoms with Crippen LogP contribution in [0.3, 0.4) is 0 Å². The van der Waals surface area contributed by atoms with Crippen LogP contribution in [-0.4, -0.2) is 34.1 Å². The molecule has 0 saturated carbocycles. The number of aliphatic hydroxyl groups excluding tert-OH is 1. The lowest BCUT2D eigenvalue weighted by molar-refractivity contribution is 0.183. The molecule has 0 aliphatic carbocycles. The molecule has 7 heteroatoms. The zero-order valence-electron chi connectivity index (χ0n) is 15.1. The van der Waals surface area contributed by atoms with E-state index >= 15 is 0 Å². The number of thiophene rings is 1. The number of rotatable bonds is 7. The van der Waals surface area contributed by atoms with Gasteiger partial charge in [0.25, 0.3) is 5.56 Å². The van der Waals surface area contributed by atoms with E-state index in [1.165, 1.54) is 23.1 Å². The Kier molecular flexibility index (Phi) is 6.13. The summed E-state index contributed by atoms with van der Waals surface area (Å²) >= 11 is 2.94. The fourth-order valence-corrected chi connectivity index (χ4v) is 4.79. The summed E-state index contributed by atoms with van der Waals surface area (Å²) in [5, 5.41) is 11.7. The summed E-state index contributed by atoms with van der Waals surface area (Å²) in [6.45, 7) is 4.84. The number of fused-ring (bicyclic) bond motifs is 1. The second kappa shape index (κ2) is 8.35. The molecule has 0 radical (unpaired) electrons. The molecule has 0 fully saturated rings. The number of benzene rings is 1. The van der Waals surface area contributed by atoms with Gasteiger partial charge in [-0.3, -0.25) is 9.36 Å². The van der Waals surface area contributed by atoms with Crippen LogP contribution in [0.5, 0.6) is 0 Å². The van der Waals surface area contributed by atoms with Crippen molar-refractivity contribution in [3.63, 3.8) is 0 Å². The zero-order valence-corrected chi connectivity index (χ0v) is 16.7. The van der Waals surface area contributed by atoms with E-state index in [9.17, 15) is 9.90 Å². The van der Waals surface area contributed by atoms with E-state index in [4.69, 9.17) is 9.72 Å². The Labute approximate surface area is 160 Å². The second-order valence-electron chi connectivity index (χ2n) is 6.04. The summed E-state index contributed by atoms with van der Waals surface area (Å²) in [7, 11) is 1.61. The Bertz CT molecular complexity index is 951. The fraction of sp³-hybridized carbons (Fsp3) is 0.368. The topological polar surface area (TPSA) is 64.3 Å². The molecule has 5 nitrogen and oxygen atoms in total. The molecule has 26 heavy (non-hydrogen) atoms. The lowest BCUT2D eigenvalue weighted by atomic mass is 10.1. The lowest BCUT2D eigenvalue weighted by Gasteiger charge is -2.14. The molecule has 3 aromatic rings. The summed E-state index contributed by atoms with van der Waals surface area (Å²) in [4.78, 5) is 19.6. The van der Waals surface area contributed by atoms with E-state index in [1.54, 1.807) is 11.7 Å². The van der Waals surface area contributed by atoms with Gasteiger partial charge in [-0.2, -0.15) is 0 Å². The highest BCUT2D eigenvalue weighted by molar-refractivity contribution is 7.99. The molecule has 1 N–H and O–H groups in total. The average Bonchev–Trinajstić information content (AvgIpc) is 2.94. The number of methoxy groups -OCH3 is 1. The minimum atomic E-state index is -0.614. The molecule has 138 valence electrons. The third kappa shape index (κ3) is 3.86. The van der Waals surface area contributed by atoms with Gasteiger partial charge < -0.3 is 9.84 Å². The van der Waals surface area contributed by atoms with Crippen LogP contribution in [0.25, 0.3) is 10.2 Å². The molecule has 2 aromatic heterocycles. The number of thioether (sulfide) groups is 1. The molecule has 0 amide bonds. The summed E-state index contributed by atoms with van der Waals surface area (Å²) in [5.41, 5.74) is 1.81. The Balaban J connectivity index is 1.94. The number of hydrogen-bond donors (Lipinski definition) is 1. The number of aliphatic hydroxyl groups is 1. The molecule has 0 aliphatic heterocycles. The van der Waals surface area contributed by atoms with Crippen LogP contribution >= 0.6 is 23.1 Å². The van der Waals surface area contributed by atoms with Crippen LogP contribution in [-0.2, 0) is 11.3 Å². The highest BCUT2D eigenvalue weighted by atomic mass is 32.2.